The van der Waals surface area contributed by atoms with Gasteiger partial charge in [-0.3, -0.25) is 4.99 Å². The van der Waals surface area contributed by atoms with Gasteiger partial charge in [0.05, 0.1) is 6.04 Å². The average Bonchev–Trinajstić information content (AvgIpc) is 2.56. The Bertz CT molecular complexity index is 205. The predicted octanol–water partition coefficient (Wildman–Crippen LogP) is 3.01. The Morgan fingerprint density at radius 2 is 1.94 bits per heavy atom. The molecule has 0 amide bonds. The number of nitrogens with one attached hydrogen (secondary N) is 1. The van der Waals surface area contributed by atoms with E-state index in [4.69, 9.17) is 10.8 Å². The Morgan fingerprint density at radius 3 is 2.44 bits per heavy atom. The van der Waals surface area contributed by atoms with Gasteiger partial charge in [-0.1, -0.05) is 46.0 Å². The van der Waals surface area contributed by atoms with Gasteiger partial charge < -0.3 is 5.43 Å². The summed E-state index contributed by atoms with van der Waals surface area (Å²) >= 11 is 0. The van der Waals surface area contributed by atoms with Crippen LogP contribution in [0.25, 0.3) is 0 Å². The molecule has 1 aliphatic carbocycles. The van der Waals surface area contributed by atoms with Crippen molar-refractivity contribution in [2.75, 3.05) is 0 Å². The van der Waals surface area contributed by atoms with Crippen LogP contribution in [-0.2, 0) is 0 Å². The SMILES string of the molecule is CCC(C)CC(=NC1CCCCCC1)NN. The van der Waals surface area contributed by atoms with Crippen LogP contribution in [0.1, 0.15) is 65.2 Å². The molecule has 0 aromatic rings. The Balaban J connectivity index is 2.48. The molecule has 1 saturated carbocycles. The fraction of sp³-hybridized carbons (Fsp3) is 0.923. The van der Waals surface area contributed by atoms with Gasteiger partial charge in [-0.05, 0) is 18.8 Å². The van der Waals surface area contributed by atoms with Crippen molar-refractivity contribution in [1.29, 1.82) is 0 Å². The van der Waals surface area contributed by atoms with Gasteiger partial charge >= 0.3 is 0 Å². The van der Waals surface area contributed by atoms with Crippen molar-refractivity contribution in [3.63, 3.8) is 0 Å². The molecule has 0 radical (unpaired) electrons. The maximum absolute atomic E-state index is 5.55. The number of amidine groups is 1. The summed E-state index contributed by atoms with van der Waals surface area (Å²) in [5.41, 5.74) is 2.78. The smallest absolute Gasteiger partial charge is 0.111 e. The number of hydrazine groups is 1. The topological polar surface area (TPSA) is 50.4 Å². The van der Waals surface area contributed by atoms with Crippen LogP contribution in [0.15, 0.2) is 4.99 Å². The summed E-state index contributed by atoms with van der Waals surface area (Å²) in [5.74, 6) is 7.22. The number of aliphatic imine (C=N–C) groups is 1. The van der Waals surface area contributed by atoms with Crippen LogP contribution >= 0.6 is 0 Å². The third kappa shape index (κ3) is 4.97. The third-order valence-corrected chi connectivity index (χ3v) is 3.57. The molecule has 0 aliphatic heterocycles. The lowest BCUT2D eigenvalue weighted by atomic mass is 10.0. The minimum absolute atomic E-state index is 0.512. The predicted molar refractivity (Wildman–Crippen MR) is 70.3 cm³/mol. The summed E-state index contributed by atoms with van der Waals surface area (Å²) in [4.78, 5) is 4.78. The first-order chi connectivity index (χ1) is 7.76. The average molecular weight is 225 g/mol. The van der Waals surface area contributed by atoms with Gasteiger partial charge in [0.15, 0.2) is 0 Å². The van der Waals surface area contributed by atoms with Crippen molar-refractivity contribution < 1.29 is 0 Å². The lowest BCUT2D eigenvalue weighted by Gasteiger charge is -2.15. The number of hydrogen-bond acceptors (Lipinski definition) is 2. The lowest BCUT2D eigenvalue weighted by Crippen LogP contribution is -2.32. The van der Waals surface area contributed by atoms with Crippen LogP contribution in [0.4, 0.5) is 0 Å². The normalized spacial score (nSPS) is 21.6. The second-order valence-corrected chi connectivity index (χ2v) is 5.08. The highest BCUT2D eigenvalue weighted by atomic mass is 15.3. The van der Waals surface area contributed by atoms with Gasteiger partial charge in [-0.15, -0.1) is 0 Å². The summed E-state index contributed by atoms with van der Waals surface area (Å²) in [6.07, 6.45) is 10.1. The summed E-state index contributed by atoms with van der Waals surface area (Å²) in [5, 5.41) is 0. The molecule has 3 nitrogen and oxygen atoms in total. The molecule has 1 unspecified atom stereocenters. The van der Waals surface area contributed by atoms with Crippen LogP contribution in [-0.4, -0.2) is 11.9 Å². The number of rotatable bonds is 4. The largest absolute Gasteiger partial charge is 0.312 e. The van der Waals surface area contributed by atoms with Crippen LogP contribution in [0.3, 0.4) is 0 Å². The van der Waals surface area contributed by atoms with E-state index >= 15 is 0 Å². The zero-order valence-electron chi connectivity index (χ0n) is 10.8. The van der Waals surface area contributed by atoms with E-state index in [1.807, 2.05) is 0 Å². The van der Waals surface area contributed by atoms with Gasteiger partial charge in [-0.25, -0.2) is 5.84 Å². The molecular weight excluding hydrogens is 198 g/mol. The zero-order valence-corrected chi connectivity index (χ0v) is 10.8. The highest BCUT2D eigenvalue weighted by Gasteiger charge is 2.12. The molecule has 0 heterocycles. The third-order valence-electron chi connectivity index (χ3n) is 3.57. The molecule has 1 aliphatic rings. The van der Waals surface area contributed by atoms with Crippen LogP contribution in [0.5, 0.6) is 0 Å². The van der Waals surface area contributed by atoms with E-state index in [1.54, 1.807) is 0 Å². The highest BCUT2D eigenvalue weighted by Crippen LogP contribution is 2.20. The summed E-state index contributed by atoms with van der Waals surface area (Å²) in [6, 6.07) is 0.512. The van der Waals surface area contributed by atoms with Crippen LogP contribution < -0.4 is 11.3 Å². The summed E-state index contributed by atoms with van der Waals surface area (Å²) < 4.78 is 0. The van der Waals surface area contributed by atoms with E-state index in [9.17, 15) is 0 Å². The molecule has 1 rings (SSSR count). The molecule has 1 fully saturated rings. The van der Waals surface area contributed by atoms with Crippen molar-refractivity contribution in [2.45, 2.75) is 71.3 Å². The Hall–Kier alpha value is -0.570. The van der Waals surface area contributed by atoms with E-state index in [2.05, 4.69) is 19.3 Å². The van der Waals surface area contributed by atoms with Crippen LogP contribution in [0.2, 0.25) is 0 Å². The van der Waals surface area contributed by atoms with Crippen molar-refractivity contribution >= 4 is 5.84 Å². The molecule has 94 valence electrons. The summed E-state index contributed by atoms with van der Waals surface area (Å²) in [7, 11) is 0. The van der Waals surface area contributed by atoms with E-state index in [-0.39, 0.29) is 0 Å². The summed E-state index contributed by atoms with van der Waals surface area (Å²) in [6.45, 7) is 4.46. The molecule has 0 aromatic carbocycles. The second-order valence-electron chi connectivity index (χ2n) is 5.08. The van der Waals surface area contributed by atoms with Crippen molar-refractivity contribution in [3.05, 3.63) is 0 Å². The van der Waals surface area contributed by atoms with Crippen molar-refractivity contribution in [1.82, 2.24) is 5.43 Å². The number of hydrogen-bond donors (Lipinski definition) is 2. The Kier molecular flexibility index (Phi) is 6.46. The molecule has 0 aromatic heterocycles. The maximum atomic E-state index is 5.55. The highest BCUT2D eigenvalue weighted by molar-refractivity contribution is 5.81. The first-order valence-corrected chi connectivity index (χ1v) is 6.79. The Labute approximate surface area is 99.9 Å². The van der Waals surface area contributed by atoms with Gasteiger partial charge in [0.25, 0.3) is 0 Å². The van der Waals surface area contributed by atoms with Gasteiger partial charge in [-0.2, -0.15) is 0 Å². The van der Waals surface area contributed by atoms with Gasteiger partial charge in [0.1, 0.15) is 5.84 Å². The number of nitrogens with zero attached hydrogens (tertiary/aromatic N) is 1. The fourth-order valence-electron chi connectivity index (χ4n) is 2.23. The van der Waals surface area contributed by atoms with Crippen molar-refractivity contribution in [2.24, 2.45) is 16.8 Å². The second kappa shape index (κ2) is 7.66. The maximum Gasteiger partial charge on any atom is 0.111 e. The Morgan fingerprint density at radius 1 is 1.31 bits per heavy atom. The molecule has 1 atom stereocenters. The first kappa shape index (κ1) is 13.5. The van der Waals surface area contributed by atoms with E-state index in [0.717, 1.165) is 12.3 Å². The molecule has 3 heteroatoms. The minimum atomic E-state index is 0.512. The van der Waals surface area contributed by atoms with Crippen molar-refractivity contribution in [3.8, 4) is 0 Å². The van der Waals surface area contributed by atoms with E-state index in [0.29, 0.717) is 12.0 Å². The van der Waals surface area contributed by atoms with Gasteiger partial charge in [0, 0.05) is 6.42 Å². The first-order valence-electron chi connectivity index (χ1n) is 6.79. The lowest BCUT2D eigenvalue weighted by molar-refractivity contribution is 0.555. The molecule has 0 bridgehead atoms. The van der Waals surface area contributed by atoms with Crippen LogP contribution in [0, 0.1) is 5.92 Å². The standard InChI is InChI=1S/C13H27N3/c1-3-11(2)10-13(16-14)15-12-8-6-4-5-7-9-12/h11-12H,3-10,14H2,1-2H3,(H,15,16). The zero-order chi connectivity index (χ0) is 11.8. The van der Waals surface area contributed by atoms with E-state index in [1.165, 1.54) is 44.9 Å². The monoisotopic (exact) mass is 225 g/mol. The molecule has 3 N–H and O–H groups in total. The quantitative estimate of drug-likeness (QED) is 0.254. The molecular formula is C13H27N3. The van der Waals surface area contributed by atoms with Gasteiger partial charge in [0.2, 0.25) is 0 Å². The van der Waals surface area contributed by atoms with E-state index < -0.39 is 0 Å². The fourth-order valence-corrected chi connectivity index (χ4v) is 2.23. The minimum Gasteiger partial charge on any atom is -0.312 e. The molecule has 0 saturated heterocycles. The molecule has 0 spiro atoms. The molecule has 16 heavy (non-hydrogen) atoms. The number of nitrogens with two attached hydrogens (primary N) is 1.